The first-order chi connectivity index (χ1) is 6.34. The van der Waals surface area contributed by atoms with E-state index >= 15 is 0 Å². The maximum atomic E-state index is 11.2. The van der Waals surface area contributed by atoms with Crippen molar-refractivity contribution in [2.75, 3.05) is 13.3 Å². The number of rotatable bonds is 5. The summed E-state index contributed by atoms with van der Waals surface area (Å²) in [5.41, 5.74) is 0. The predicted molar refractivity (Wildman–Crippen MR) is 52.9 cm³/mol. The molecule has 0 saturated heterocycles. The zero-order chi connectivity index (χ0) is 9.52. The van der Waals surface area contributed by atoms with Crippen LogP contribution in [0.15, 0.2) is 17.5 Å². The molecule has 3 nitrogen and oxygen atoms in total. The van der Waals surface area contributed by atoms with Crippen LogP contribution < -0.4 is 5.32 Å². The predicted octanol–water partition coefficient (Wildman–Crippen LogP) is 1.86. The highest BCUT2D eigenvalue weighted by molar-refractivity contribution is 7.11. The summed E-state index contributed by atoms with van der Waals surface area (Å²) in [5, 5.41) is 4.85. The Kier molecular flexibility index (Phi) is 4.49. The summed E-state index contributed by atoms with van der Waals surface area (Å²) >= 11 is 1.39. The van der Waals surface area contributed by atoms with E-state index in [0.717, 1.165) is 13.0 Å². The first kappa shape index (κ1) is 10.2. The van der Waals surface area contributed by atoms with Gasteiger partial charge in [0.15, 0.2) is 0 Å². The molecule has 0 unspecified atom stereocenters. The Morgan fingerprint density at radius 3 is 3.15 bits per heavy atom. The average Bonchev–Trinajstić information content (AvgIpc) is 2.65. The molecule has 4 heteroatoms. The Labute approximate surface area is 81.7 Å². The zero-order valence-electron chi connectivity index (χ0n) is 7.58. The molecule has 1 aromatic heterocycles. The molecule has 0 saturated carbocycles. The van der Waals surface area contributed by atoms with Gasteiger partial charge in [-0.3, -0.25) is 5.32 Å². The van der Waals surface area contributed by atoms with Crippen LogP contribution in [0.5, 0.6) is 0 Å². The molecule has 0 aromatic carbocycles. The second kappa shape index (κ2) is 5.72. The minimum absolute atomic E-state index is 0.251. The molecule has 1 N–H and O–H groups in total. The lowest BCUT2D eigenvalue weighted by atomic mass is 10.5. The minimum Gasteiger partial charge on any atom is -0.446 e. The molecule has 1 rings (SSSR count). The van der Waals surface area contributed by atoms with Gasteiger partial charge >= 0.3 is 5.97 Å². The van der Waals surface area contributed by atoms with Crippen molar-refractivity contribution in [3.05, 3.63) is 22.4 Å². The molecule has 1 aromatic rings. The van der Waals surface area contributed by atoms with Gasteiger partial charge in [0.1, 0.15) is 11.6 Å². The van der Waals surface area contributed by atoms with Crippen molar-refractivity contribution in [2.24, 2.45) is 0 Å². The lowest BCUT2D eigenvalue weighted by molar-refractivity contribution is 0.0479. The number of ether oxygens (including phenoxy) is 1. The molecule has 72 valence electrons. The van der Waals surface area contributed by atoms with Crippen LogP contribution in [0.3, 0.4) is 0 Å². The molecular weight excluding hydrogens is 186 g/mol. The normalized spacial score (nSPS) is 9.92. The zero-order valence-corrected chi connectivity index (χ0v) is 8.39. The van der Waals surface area contributed by atoms with Gasteiger partial charge in [-0.25, -0.2) is 4.79 Å². The Balaban J connectivity index is 2.19. The van der Waals surface area contributed by atoms with Crippen molar-refractivity contribution in [2.45, 2.75) is 13.3 Å². The molecule has 0 spiro atoms. The molecule has 1 heterocycles. The van der Waals surface area contributed by atoms with Gasteiger partial charge in [0.25, 0.3) is 0 Å². The molecule has 0 radical (unpaired) electrons. The highest BCUT2D eigenvalue weighted by Gasteiger charge is 2.06. The van der Waals surface area contributed by atoms with E-state index in [1.807, 2.05) is 11.4 Å². The lowest BCUT2D eigenvalue weighted by Gasteiger charge is -2.03. The van der Waals surface area contributed by atoms with Crippen LogP contribution in [0.2, 0.25) is 0 Å². The second-order valence-electron chi connectivity index (χ2n) is 2.55. The van der Waals surface area contributed by atoms with Crippen molar-refractivity contribution in [1.29, 1.82) is 0 Å². The van der Waals surface area contributed by atoms with E-state index in [-0.39, 0.29) is 5.97 Å². The van der Waals surface area contributed by atoms with Crippen LogP contribution in [-0.2, 0) is 4.74 Å². The van der Waals surface area contributed by atoms with Gasteiger partial charge in [0, 0.05) is 0 Å². The topological polar surface area (TPSA) is 38.3 Å². The number of hydrogen-bond acceptors (Lipinski definition) is 4. The maximum Gasteiger partial charge on any atom is 0.349 e. The Bertz CT molecular complexity index is 246. The van der Waals surface area contributed by atoms with Gasteiger partial charge in [-0.15, -0.1) is 11.3 Å². The second-order valence-corrected chi connectivity index (χ2v) is 3.50. The van der Waals surface area contributed by atoms with Gasteiger partial charge in [-0.1, -0.05) is 13.0 Å². The lowest BCUT2D eigenvalue weighted by Crippen LogP contribution is -2.21. The van der Waals surface area contributed by atoms with E-state index in [0.29, 0.717) is 11.6 Å². The maximum absolute atomic E-state index is 11.2. The summed E-state index contributed by atoms with van der Waals surface area (Å²) in [7, 11) is 0. The van der Waals surface area contributed by atoms with Gasteiger partial charge in [0.2, 0.25) is 0 Å². The first-order valence-electron chi connectivity index (χ1n) is 4.26. The fraction of sp³-hybridized carbons (Fsp3) is 0.444. The van der Waals surface area contributed by atoms with Gasteiger partial charge < -0.3 is 4.74 Å². The summed E-state index contributed by atoms with van der Waals surface area (Å²) in [6.45, 7) is 3.23. The van der Waals surface area contributed by atoms with E-state index in [9.17, 15) is 4.79 Å². The van der Waals surface area contributed by atoms with Crippen LogP contribution >= 0.6 is 11.3 Å². The van der Waals surface area contributed by atoms with E-state index < -0.39 is 0 Å². The SMILES string of the molecule is CCCNCOC(=O)c1cccs1. The molecule has 0 atom stereocenters. The molecular formula is C9H13NO2S. The van der Waals surface area contributed by atoms with Crippen molar-refractivity contribution in [3.63, 3.8) is 0 Å². The fourth-order valence-corrected chi connectivity index (χ4v) is 1.45. The summed E-state index contributed by atoms with van der Waals surface area (Å²) in [5.74, 6) is -0.251. The minimum atomic E-state index is -0.251. The molecule has 0 aliphatic heterocycles. The third kappa shape index (κ3) is 3.57. The molecule has 0 bridgehead atoms. The fourth-order valence-electron chi connectivity index (χ4n) is 0.831. The number of carbonyl (C=O) groups excluding carboxylic acids is 1. The van der Waals surface area contributed by atoms with E-state index in [1.165, 1.54) is 11.3 Å². The number of hydrogen-bond donors (Lipinski definition) is 1. The van der Waals surface area contributed by atoms with Crippen molar-refractivity contribution >= 4 is 17.3 Å². The number of esters is 1. The molecule has 0 fully saturated rings. The van der Waals surface area contributed by atoms with Crippen molar-refractivity contribution in [3.8, 4) is 0 Å². The average molecular weight is 199 g/mol. The van der Waals surface area contributed by atoms with Crippen molar-refractivity contribution in [1.82, 2.24) is 5.32 Å². The summed E-state index contributed by atoms with van der Waals surface area (Å²) < 4.78 is 4.95. The van der Waals surface area contributed by atoms with E-state index in [2.05, 4.69) is 12.2 Å². The highest BCUT2D eigenvalue weighted by Crippen LogP contribution is 2.09. The van der Waals surface area contributed by atoms with Crippen molar-refractivity contribution < 1.29 is 9.53 Å². The third-order valence-corrected chi connectivity index (χ3v) is 2.30. The van der Waals surface area contributed by atoms with Crippen LogP contribution in [-0.4, -0.2) is 19.2 Å². The smallest absolute Gasteiger partial charge is 0.349 e. The number of nitrogens with one attached hydrogen (secondary N) is 1. The van der Waals surface area contributed by atoms with Crippen LogP contribution in [0.25, 0.3) is 0 Å². The number of carbonyl (C=O) groups is 1. The number of thiophene rings is 1. The summed E-state index contributed by atoms with van der Waals surface area (Å²) in [6.07, 6.45) is 1.04. The van der Waals surface area contributed by atoms with E-state index in [1.54, 1.807) is 6.07 Å². The van der Waals surface area contributed by atoms with Crippen LogP contribution in [0.4, 0.5) is 0 Å². The summed E-state index contributed by atoms with van der Waals surface area (Å²) in [4.78, 5) is 11.9. The summed E-state index contributed by atoms with van der Waals surface area (Å²) in [6, 6.07) is 3.59. The monoisotopic (exact) mass is 199 g/mol. The van der Waals surface area contributed by atoms with Crippen LogP contribution in [0.1, 0.15) is 23.0 Å². The highest BCUT2D eigenvalue weighted by atomic mass is 32.1. The van der Waals surface area contributed by atoms with Crippen LogP contribution in [0, 0.1) is 0 Å². The van der Waals surface area contributed by atoms with Gasteiger partial charge in [0.05, 0.1) is 0 Å². The largest absolute Gasteiger partial charge is 0.446 e. The molecule has 0 aliphatic carbocycles. The Hall–Kier alpha value is -0.870. The first-order valence-corrected chi connectivity index (χ1v) is 5.14. The Morgan fingerprint density at radius 2 is 2.54 bits per heavy atom. The quantitative estimate of drug-likeness (QED) is 0.447. The Morgan fingerprint density at radius 1 is 1.69 bits per heavy atom. The van der Waals surface area contributed by atoms with Gasteiger partial charge in [-0.05, 0) is 24.4 Å². The van der Waals surface area contributed by atoms with Gasteiger partial charge in [-0.2, -0.15) is 0 Å². The van der Waals surface area contributed by atoms with E-state index in [4.69, 9.17) is 4.74 Å². The standard InChI is InChI=1S/C9H13NO2S/c1-2-5-10-7-12-9(11)8-4-3-6-13-8/h3-4,6,10H,2,5,7H2,1H3. The molecule has 0 amide bonds. The molecule has 13 heavy (non-hydrogen) atoms. The third-order valence-electron chi connectivity index (χ3n) is 1.45. The molecule has 0 aliphatic rings.